The maximum absolute atomic E-state index is 13.4. The first kappa shape index (κ1) is 24.9. The minimum absolute atomic E-state index is 0.0830. The van der Waals surface area contributed by atoms with E-state index in [9.17, 15) is 9.59 Å². The summed E-state index contributed by atoms with van der Waals surface area (Å²) in [6.45, 7) is 6.48. The molecule has 5 rings (SSSR count). The molecule has 0 radical (unpaired) electrons. The molecule has 6 nitrogen and oxygen atoms in total. The Balaban J connectivity index is 1.21. The summed E-state index contributed by atoms with van der Waals surface area (Å²) in [5.74, 6) is 1.26. The predicted octanol–water partition coefficient (Wildman–Crippen LogP) is 4.99. The lowest BCUT2D eigenvalue weighted by atomic mass is 9.89. The number of carbonyl (C=O) groups excluding carboxylic acids is 2. The van der Waals surface area contributed by atoms with Gasteiger partial charge in [-0.3, -0.25) is 9.59 Å². The summed E-state index contributed by atoms with van der Waals surface area (Å²) in [5, 5.41) is 0. The van der Waals surface area contributed by atoms with Crippen molar-refractivity contribution in [1.82, 2.24) is 9.80 Å². The van der Waals surface area contributed by atoms with Gasteiger partial charge >= 0.3 is 0 Å². The fraction of sp³-hybridized carbons (Fsp3) is 0.355. The maximum atomic E-state index is 13.4. The Hall–Kier alpha value is -3.80. The summed E-state index contributed by atoms with van der Waals surface area (Å²) in [6.07, 6.45) is 1.99. The number of hydrogen-bond acceptors (Lipinski definition) is 4. The number of piperazine rings is 1. The fourth-order valence-corrected chi connectivity index (χ4v) is 5.38. The van der Waals surface area contributed by atoms with Crippen LogP contribution in [0.2, 0.25) is 0 Å². The molecule has 6 heteroatoms. The van der Waals surface area contributed by atoms with Crippen LogP contribution in [0.1, 0.15) is 50.6 Å². The number of carbonyl (C=O) groups is 2. The van der Waals surface area contributed by atoms with Crippen LogP contribution >= 0.6 is 0 Å². The van der Waals surface area contributed by atoms with Crippen molar-refractivity contribution in [1.29, 1.82) is 0 Å². The molecule has 0 saturated carbocycles. The summed E-state index contributed by atoms with van der Waals surface area (Å²) in [5.41, 5.74) is 4.92. The van der Waals surface area contributed by atoms with Crippen molar-refractivity contribution >= 4 is 17.5 Å². The van der Waals surface area contributed by atoms with E-state index in [0.717, 1.165) is 66.2 Å². The van der Waals surface area contributed by atoms with Gasteiger partial charge in [-0.25, -0.2) is 0 Å². The van der Waals surface area contributed by atoms with E-state index in [1.54, 1.807) is 7.11 Å². The van der Waals surface area contributed by atoms with E-state index in [2.05, 4.69) is 23.1 Å². The third-order valence-corrected chi connectivity index (χ3v) is 7.62. The van der Waals surface area contributed by atoms with Crippen LogP contribution < -0.4 is 9.64 Å². The monoisotopic (exact) mass is 497 g/mol. The molecule has 2 aliphatic heterocycles. The van der Waals surface area contributed by atoms with Gasteiger partial charge in [-0.2, -0.15) is 0 Å². The average molecular weight is 498 g/mol. The molecular formula is C31H35N3O3. The van der Waals surface area contributed by atoms with Crippen LogP contribution in [-0.4, -0.2) is 68.0 Å². The lowest BCUT2D eigenvalue weighted by Crippen LogP contribution is -2.48. The van der Waals surface area contributed by atoms with Gasteiger partial charge in [-0.05, 0) is 73.9 Å². The van der Waals surface area contributed by atoms with E-state index in [-0.39, 0.29) is 17.7 Å². The van der Waals surface area contributed by atoms with E-state index in [1.807, 2.05) is 71.3 Å². The second-order valence-electron chi connectivity index (χ2n) is 10.1. The van der Waals surface area contributed by atoms with Gasteiger partial charge < -0.3 is 19.4 Å². The highest BCUT2D eigenvalue weighted by atomic mass is 16.5. The van der Waals surface area contributed by atoms with Crippen molar-refractivity contribution in [2.24, 2.45) is 0 Å². The van der Waals surface area contributed by atoms with Gasteiger partial charge in [0.15, 0.2) is 0 Å². The molecule has 0 bridgehead atoms. The Bertz CT molecular complexity index is 1230. The van der Waals surface area contributed by atoms with Gasteiger partial charge in [0, 0.05) is 62.0 Å². The Morgan fingerprint density at radius 1 is 0.784 bits per heavy atom. The SMILES string of the molecule is COc1ccc(N2CCN(C(=O)c3cccc([C@@H]4CCCN(C(=O)c5ccc(C)cc5)C4)c3)CC2)cc1. The highest BCUT2D eigenvalue weighted by Crippen LogP contribution is 2.29. The van der Waals surface area contributed by atoms with Crippen molar-refractivity contribution in [3.8, 4) is 5.75 Å². The maximum Gasteiger partial charge on any atom is 0.253 e. The molecule has 0 N–H and O–H groups in total. The van der Waals surface area contributed by atoms with Gasteiger partial charge in [0.1, 0.15) is 5.75 Å². The minimum atomic E-state index is 0.0830. The molecule has 2 fully saturated rings. The second-order valence-corrected chi connectivity index (χ2v) is 10.1. The second kappa shape index (κ2) is 11.1. The molecule has 0 aromatic heterocycles. The van der Waals surface area contributed by atoms with Crippen LogP contribution in [0.3, 0.4) is 0 Å². The molecule has 3 aromatic carbocycles. The van der Waals surface area contributed by atoms with E-state index in [4.69, 9.17) is 4.74 Å². The number of methoxy groups -OCH3 is 1. The normalized spacial score (nSPS) is 18.0. The van der Waals surface area contributed by atoms with E-state index in [1.165, 1.54) is 0 Å². The minimum Gasteiger partial charge on any atom is -0.497 e. The van der Waals surface area contributed by atoms with Gasteiger partial charge in [0.05, 0.1) is 7.11 Å². The first-order chi connectivity index (χ1) is 18.0. The molecule has 2 amide bonds. The first-order valence-electron chi connectivity index (χ1n) is 13.2. The van der Waals surface area contributed by atoms with Crippen molar-refractivity contribution < 1.29 is 14.3 Å². The highest BCUT2D eigenvalue weighted by molar-refractivity contribution is 5.95. The van der Waals surface area contributed by atoms with Crippen LogP contribution in [0.5, 0.6) is 5.75 Å². The molecule has 1 atom stereocenters. The molecule has 2 aliphatic rings. The number of rotatable bonds is 5. The van der Waals surface area contributed by atoms with Gasteiger partial charge in [-0.1, -0.05) is 29.8 Å². The number of anilines is 1. The number of hydrogen-bond donors (Lipinski definition) is 0. The molecule has 3 aromatic rings. The van der Waals surface area contributed by atoms with Crippen LogP contribution in [0.15, 0.2) is 72.8 Å². The van der Waals surface area contributed by atoms with Crippen LogP contribution in [0.25, 0.3) is 0 Å². The van der Waals surface area contributed by atoms with Gasteiger partial charge in [0.25, 0.3) is 11.8 Å². The molecular weight excluding hydrogens is 462 g/mol. The molecule has 0 unspecified atom stereocenters. The van der Waals surface area contributed by atoms with Crippen LogP contribution in [-0.2, 0) is 0 Å². The molecule has 37 heavy (non-hydrogen) atoms. The van der Waals surface area contributed by atoms with Crippen molar-refractivity contribution in [3.63, 3.8) is 0 Å². The third-order valence-electron chi connectivity index (χ3n) is 7.62. The Labute approximate surface area is 219 Å². The average Bonchev–Trinajstić information content (AvgIpc) is 2.97. The lowest BCUT2D eigenvalue weighted by Gasteiger charge is -2.36. The number of ether oxygens (including phenoxy) is 1. The van der Waals surface area contributed by atoms with Gasteiger partial charge in [-0.15, -0.1) is 0 Å². The molecule has 192 valence electrons. The lowest BCUT2D eigenvalue weighted by molar-refractivity contribution is 0.0704. The smallest absolute Gasteiger partial charge is 0.253 e. The van der Waals surface area contributed by atoms with Crippen LogP contribution in [0.4, 0.5) is 5.69 Å². The molecule has 2 heterocycles. The molecule has 2 saturated heterocycles. The number of nitrogens with zero attached hydrogens (tertiary/aromatic N) is 3. The number of benzene rings is 3. The molecule has 0 aliphatic carbocycles. The zero-order valence-corrected chi connectivity index (χ0v) is 21.7. The summed E-state index contributed by atoms with van der Waals surface area (Å²) in [4.78, 5) is 32.7. The largest absolute Gasteiger partial charge is 0.497 e. The zero-order chi connectivity index (χ0) is 25.8. The van der Waals surface area contributed by atoms with Crippen molar-refractivity contribution in [2.45, 2.75) is 25.7 Å². The zero-order valence-electron chi connectivity index (χ0n) is 21.7. The Morgan fingerprint density at radius 3 is 2.19 bits per heavy atom. The summed E-state index contributed by atoms with van der Waals surface area (Å²) >= 11 is 0. The number of piperidine rings is 1. The fourth-order valence-electron chi connectivity index (χ4n) is 5.38. The topological polar surface area (TPSA) is 53.1 Å². The number of likely N-dealkylation sites (tertiary alicyclic amines) is 1. The van der Waals surface area contributed by atoms with E-state index >= 15 is 0 Å². The Kier molecular flexibility index (Phi) is 7.45. The third kappa shape index (κ3) is 5.63. The van der Waals surface area contributed by atoms with Gasteiger partial charge in [0.2, 0.25) is 0 Å². The van der Waals surface area contributed by atoms with Crippen molar-refractivity contribution in [2.75, 3.05) is 51.3 Å². The summed E-state index contributed by atoms with van der Waals surface area (Å²) < 4.78 is 5.26. The van der Waals surface area contributed by atoms with E-state index in [0.29, 0.717) is 19.6 Å². The molecule has 0 spiro atoms. The van der Waals surface area contributed by atoms with E-state index < -0.39 is 0 Å². The summed E-state index contributed by atoms with van der Waals surface area (Å²) in [7, 11) is 1.67. The predicted molar refractivity (Wildman–Crippen MR) is 147 cm³/mol. The quantitative estimate of drug-likeness (QED) is 0.499. The Morgan fingerprint density at radius 2 is 1.49 bits per heavy atom. The number of aryl methyl sites for hydroxylation is 1. The van der Waals surface area contributed by atoms with Crippen molar-refractivity contribution in [3.05, 3.63) is 95.1 Å². The number of amides is 2. The summed E-state index contributed by atoms with van der Waals surface area (Å²) in [6, 6.07) is 23.9. The first-order valence-corrected chi connectivity index (χ1v) is 13.2. The standard InChI is InChI=1S/C31H35N3O3/c1-23-8-10-24(11-9-23)30(35)34-16-4-7-27(22-34)25-5-3-6-26(21-25)31(36)33-19-17-32(18-20-33)28-12-14-29(37-2)15-13-28/h3,5-6,8-15,21,27H,4,7,16-20,22H2,1-2H3/t27-/m1/s1. The highest BCUT2D eigenvalue weighted by Gasteiger charge is 2.27. The van der Waals surface area contributed by atoms with Crippen LogP contribution in [0, 0.1) is 6.92 Å².